The van der Waals surface area contributed by atoms with Gasteiger partial charge in [0.2, 0.25) is 0 Å². The lowest BCUT2D eigenvalue weighted by atomic mass is 10.2. The number of nitrogens with zero attached hydrogens (tertiary/aromatic N) is 2. The summed E-state index contributed by atoms with van der Waals surface area (Å²) in [4.78, 5) is 14.1. The van der Waals surface area contributed by atoms with Gasteiger partial charge in [0.25, 0.3) is 0 Å². The van der Waals surface area contributed by atoms with Crippen molar-refractivity contribution in [3.05, 3.63) is 63.6 Å². The number of halogens is 1. The molecule has 3 rings (SSSR count). The molecule has 2 aromatic carbocycles. The smallest absolute Gasteiger partial charge is 0.421 e. The Hall–Kier alpha value is -2.24. The molecule has 126 valence electrons. The van der Waals surface area contributed by atoms with E-state index in [1.165, 1.54) is 0 Å². The lowest BCUT2D eigenvalue weighted by molar-refractivity contribution is 0.253. The third-order valence-electron chi connectivity index (χ3n) is 3.70. The van der Waals surface area contributed by atoms with Crippen molar-refractivity contribution in [2.24, 2.45) is 0 Å². The molecule has 0 saturated heterocycles. The number of benzene rings is 2. The van der Waals surface area contributed by atoms with Gasteiger partial charge in [-0.1, -0.05) is 23.7 Å². The van der Waals surface area contributed by atoms with E-state index in [4.69, 9.17) is 20.8 Å². The van der Waals surface area contributed by atoms with Crippen LogP contribution in [0.5, 0.6) is 5.75 Å². The van der Waals surface area contributed by atoms with Crippen molar-refractivity contribution in [3.63, 3.8) is 0 Å². The Kier molecular flexibility index (Phi) is 4.92. The second-order valence-electron chi connectivity index (χ2n) is 5.64. The summed E-state index contributed by atoms with van der Waals surface area (Å²) in [6.07, 6.45) is 0. The molecule has 0 radical (unpaired) electrons. The van der Waals surface area contributed by atoms with Gasteiger partial charge in [0, 0.05) is 17.6 Å². The van der Waals surface area contributed by atoms with Crippen LogP contribution in [0.25, 0.3) is 11.1 Å². The van der Waals surface area contributed by atoms with E-state index < -0.39 is 0 Å². The molecule has 6 heteroatoms. The number of fused-ring (bicyclic) bond motifs is 1. The highest BCUT2D eigenvalue weighted by Crippen LogP contribution is 2.19. The summed E-state index contributed by atoms with van der Waals surface area (Å²) in [5, 5.41) is 0.547. The quantitative estimate of drug-likeness (QED) is 0.682. The average molecular weight is 347 g/mol. The first-order valence-corrected chi connectivity index (χ1v) is 8.14. The van der Waals surface area contributed by atoms with Crippen molar-refractivity contribution in [3.8, 4) is 5.75 Å². The van der Waals surface area contributed by atoms with Gasteiger partial charge >= 0.3 is 5.76 Å². The van der Waals surface area contributed by atoms with Crippen molar-refractivity contribution < 1.29 is 9.15 Å². The molecule has 0 bridgehead atoms. The number of hydrogen-bond donors (Lipinski definition) is 0. The van der Waals surface area contributed by atoms with E-state index >= 15 is 0 Å². The van der Waals surface area contributed by atoms with Crippen LogP contribution in [0, 0.1) is 0 Å². The second-order valence-corrected chi connectivity index (χ2v) is 6.08. The molecule has 24 heavy (non-hydrogen) atoms. The highest BCUT2D eigenvalue weighted by molar-refractivity contribution is 6.31. The van der Waals surface area contributed by atoms with E-state index in [-0.39, 0.29) is 5.76 Å². The van der Waals surface area contributed by atoms with E-state index in [1.54, 1.807) is 22.8 Å². The highest BCUT2D eigenvalue weighted by atomic mass is 35.5. The minimum Gasteiger partial charge on any atom is -0.494 e. The number of aromatic nitrogens is 1. The van der Waals surface area contributed by atoms with Crippen LogP contribution in [0.4, 0.5) is 0 Å². The molecule has 0 N–H and O–H groups in total. The van der Waals surface area contributed by atoms with E-state index in [9.17, 15) is 4.79 Å². The third kappa shape index (κ3) is 3.63. The molecule has 0 fully saturated rings. The van der Waals surface area contributed by atoms with Gasteiger partial charge < -0.3 is 9.15 Å². The minimum absolute atomic E-state index is 0.384. The van der Waals surface area contributed by atoms with E-state index in [0.717, 1.165) is 16.8 Å². The molecule has 0 unspecified atom stereocenters. The van der Waals surface area contributed by atoms with Crippen LogP contribution < -0.4 is 10.5 Å². The average Bonchev–Trinajstić information content (AvgIpc) is 2.84. The number of rotatable bonds is 6. The Labute approximate surface area is 145 Å². The number of ether oxygens (including phenoxy) is 1. The zero-order valence-electron chi connectivity index (χ0n) is 13.7. The van der Waals surface area contributed by atoms with E-state index in [2.05, 4.69) is 0 Å². The monoisotopic (exact) mass is 346 g/mol. The predicted molar refractivity (Wildman–Crippen MR) is 94.6 cm³/mol. The van der Waals surface area contributed by atoms with Crippen LogP contribution in [-0.2, 0) is 13.2 Å². The second kappa shape index (κ2) is 7.11. The minimum atomic E-state index is -0.384. The molecule has 1 aromatic heterocycles. The Morgan fingerprint density at radius 3 is 2.67 bits per heavy atom. The van der Waals surface area contributed by atoms with Crippen molar-refractivity contribution in [2.45, 2.75) is 20.1 Å². The molecule has 0 saturated carbocycles. The fourth-order valence-electron chi connectivity index (χ4n) is 2.63. The summed E-state index contributed by atoms with van der Waals surface area (Å²) < 4.78 is 12.3. The van der Waals surface area contributed by atoms with Crippen LogP contribution in [0.1, 0.15) is 12.5 Å². The molecule has 0 amide bonds. The zero-order valence-corrected chi connectivity index (χ0v) is 14.4. The molecule has 0 aliphatic heterocycles. The molecule has 1 heterocycles. The van der Waals surface area contributed by atoms with Crippen molar-refractivity contribution in [1.82, 2.24) is 9.47 Å². The van der Waals surface area contributed by atoms with Gasteiger partial charge in [0.05, 0.1) is 18.8 Å². The summed E-state index contributed by atoms with van der Waals surface area (Å²) >= 11 is 5.94. The van der Waals surface area contributed by atoms with Gasteiger partial charge in [-0.25, -0.2) is 4.79 Å². The predicted octanol–water partition coefficient (Wildman–Crippen LogP) is 3.74. The highest BCUT2D eigenvalue weighted by Gasteiger charge is 2.11. The van der Waals surface area contributed by atoms with Gasteiger partial charge in [-0.3, -0.25) is 9.47 Å². The maximum Gasteiger partial charge on any atom is 0.421 e. The largest absolute Gasteiger partial charge is 0.494 e. The summed E-state index contributed by atoms with van der Waals surface area (Å²) in [6, 6.07) is 13.2. The fraction of sp³-hybridized carbons (Fsp3) is 0.278. The van der Waals surface area contributed by atoms with Crippen LogP contribution in [0.2, 0.25) is 5.02 Å². The number of hydrogen-bond acceptors (Lipinski definition) is 4. The van der Waals surface area contributed by atoms with Crippen LogP contribution in [0.3, 0.4) is 0 Å². The third-order valence-corrected chi connectivity index (χ3v) is 3.94. The Morgan fingerprint density at radius 2 is 1.96 bits per heavy atom. The molecule has 3 aromatic rings. The summed E-state index contributed by atoms with van der Waals surface area (Å²) in [5.41, 5.74) is 2.38. The standard InChI is InChI=1S/C18H19ClN2O3/c1-3-23-15-7-4-13(5-8-15)11-20(2)12-21-16-9-6-14(19)10-17(16)24-18(21)22/h4-10H,3,11-12H2,1-2H3. The molecule has 0 atom stereocenters. The molecular formula is C18H19ClN2O3. The maximum absolute atomic E-state index is 12.1. The van der Waals surface area contributed by atoms with Crippen LogP contribution >= 0.6 is 11.6 Å². The summed E-state index contributed by atoms with van der Waals surface area (Å²) in [6.45, 7) is 3.75. The molecule has 0 aliphatic rings. The lowest BCUT2D eigenvalue weighted by Gasteiger charge is -2.17. The molecule has 0 spiro atoms. The van der Waals surface area contributed by atoms with Gasteiger partial charge in [0.1, 0.15) is 5.75 Å². The summed E-state index contributed by atoms with van der Waals surface area (Å²) in [5.74, 6) is 0.476. The Bertz CT molecular complexity index is 883. The Balaban J connectivity index is 1.74. The maximum atomic E-state index is 12.1. The van der Waals surface area contributed by atoms with Crippen molar-refractivity contribution in [1.29, 1.82) is 0 Å². The first kappa shape index (κ1) is 16.6. The molecule has 5 nitrogen and oxygen atoms in total. The van der Waals surface area contributed by atoms with E-state index in [1.807, 2.05) is 43.1 Å². The van der Waals surface area contributed by atoms with Crippen LogP contribution in [-0.4, -0.2) is 23.1 Å². The van der Waals surface area contributed by atoms with Gasteiger partial charge in [0.15, 0.2) is 5.58 Å². The van der Waals surface area contributed by atoms with E-state index in [0.29, 0.717) is 30.4 Å². The fourth-order valence-corrected chi connectivity index (χ4v) is 2.80. The first-order chi connectivity index (χ1) is 11.6. The summed E-state index contributed by atoms with van der Waals surface area (Å²) in [7, 11) is 1.96. The normalized spacial score (nSPS) is 11.3. The van der Waals surface area contributed by atoms with Gasteiger partial charge in [-0.05, 0) is 43.8 Å². The SMILES string of the molecule is CCOc1ccc(CN(C)Cn2c(=O)oc3cc(Cl)ccc32)cc1. The van der Waals surface area contributed by atoms with Crippen LogP contribution in [0.15, 0.2) is 51.7 Å². The topological polar surface area (TPSA) is 47.6 Å². The Morgan fingerprint density at radius 1 is 1.21 bits per heavy atom. The first-order valence-electron chi connectivity index (χ1n) is 7.76. The zero-order chi connectivity index (χ0) is 17.1. The van der Waals surface area contributed by atoms with Crippen molar-refractivity contribution in [2.75, 3.05) is 13.7 Å². The number of oxazole rings is 1. The molecule has 0 aliphatic carbocycles. The molecular weight excluding hydrogens is 328 g/mol. The lowest BCUT2D eigenvalue weighted by Crippen LogP contribution is -2.27. The van der Waals surface area contributed by atoms with Crippen molar-refractivity contribution >= 4 is 22.7 Å². The van der Waals surface area contributed by atoms with Gasteiger partial charge in [-0.15, -0.1) is 0 Å². The van der Waals surface area contributed by atoms with Gasteiger partial charge in [-0.2, -0.15) is 0 Å².